The van der Waals surface area contributed by atoms with Crippen LogP contribution in [0.1, 0.15) is 31.8 Å². The quantitative estimate of drug-likeness (QED) is 0.752. The fraction of sp³-hybridized carbons (Fsp3) is 0.130. The lowest BCUT2D eigenvalue weighted by Gasteiger charge is -2.18. The third kappa shape index (κ3) is 3.51. The van der Waals surface area contributed by atoms with Crippen LogP contribution in [0.2, 0.25) is 0 Å². The van der Waals surface area contributed by atoms with Crippen LogP contribution in [0.25, 0.3) is 0 Å². The van der Waals surface area contributed by atoms with Crippen molar-refractivity contribution in [3.05, 3.63) is 101 Å². The van der Waals surface area contributed by atoms with Crippen molar-refractivity contribution >= 4 is 17.5 Å². The number of halogens is 1. The molecule has 0 bridgehead atoms. The van der Waals surface area contributed by atoms with Gasteiger partial charge in [0.15, 0.2) is 0 Å². The van der Waals surface area contributed by atoms with E-state index < -0.39 is 0 Å². The lowest BCUT2D eigenvalue weighted by atomic mass is 10.0. The molecule has 0 aromatic heterocycles. The minimum Gasteiger partial charge on any atom is -0.348 e. The molecule has 1 N–H and O–H groups in total. The molecule has 4 rings (SSSR count). The van der Waals surface area contributed by atoms with E-state index in [0.717, 1.165) is 16.8 Å². The van der Waals surface area contributed by atoms with Crippen molar-refractivity contribution in [1.82, 2.24) is 5.32 Å². The Bertz CT molecular complexity index is 1020. The van der Waals surface area contributed by atoms with Gasteiger partial charge < -0.3 is 10.2 Å². The molecule has 3 aromatic carbocycles. The molecule has 0 saturated heterocycles. The van der Waals surface area contributed by atoms with Crippen LogP contribution in [0.4, 0.5) is 10.1 Å². The number of nitrogens with one attached hydrogen (secondary N) is 1. The van der Waals surface area contributed by atoms with Gasteiger partial charge in [0, 0.05) is 29.9 Å². The Balaban J connectivity index is 1.54. The SMILES string of the molecule is O=C(NCc1ccccc1)c1cccc2c1CCN2C(=O)c1ccc(F)cc1. The van der Waals surface area contributed by atoms with Crippen molar-refractivity contribution in [2.24, 2.45) is 0 Å². The molecule has 2 amide bonds. The average molecular weight is 374 g/mol. The summed E-state index contributed by atoms with van der Waals surface area (Å²) in [7, 11) is 0. The van der Waals surface area contributed by atoms with Crippen molar-refractivity contribution in [3.8, 4) is 0 Å². The lowest BCUT2D eigenvalue weighted by molar-refractivity contribution is 0.0948. The fourth-order valence-corrected chi connectivity index (χ4v) is 3.48. The normalized spacial score (nSPS) is 12.5. The van der Waals surface area contributed by atoms with Crippen LogP contribution in [0.3, 0.4) is 0 Å². The molecular formula is C23H19FN2O2. The topological polar surface area (TPSA) is 49.4 Å². The van der Waals surface area contributed by atoms with E-state index in [1.807, 2.05) is 36.4 Å². The number of nitrogens with zero attached hydrogens (tertiary/aromatic N) is 1. The van der Waals surface area contributed by atoms with Gasteiger partial charge in [-0.2, -0.15) is 0 Å². The van der Waals surface area contributed by atoms with Gasteiger partial charge in [0.2, 0.25) is 0 Å². The number of carbonyl (C=O) groups excluding carboxylic acids is 2. The lowest BCUT2D eigenvalue weighted by Crippen LogP contribution is -2.28. The molecule has 0 saturated carbocycles. The van der Waals surface area contributed by atoms with Gasteiger partial charge in [-0.1, -0.05) is 36.4 Å². The monoisotopic (exact) mass is 374 g/mol. The summed E-state index contributed by atoms with van der Waals surface area (Å²) in [5.41, 5.74) is 3.64. The molecule has 140 valence electrons. The number of hydrogen-bond donors (Lipinski definition) is 1. The summed E-state index contributed by atoms with van der Waals surface area (Å²) in [4.78, 5) is 27.2. The molecular weight excluding hydrogens is 355 g/mol. The summed E-state index contributed by atoms with van der Waals surface area (Å²) in [5.74, 6) is -0.729. The Morgan fingerprint density at radius 3 is 2.43 bits per heavy atom. The molecule has 4 nitrogen and oxygen atoms in total. The zero-order chi connectivity index (χ0) is 19.5. The van der Waals surface area contributed by atoms with Gasteiger partial charge >= 0.3 is 0 Å². The Labute approximate surface area is 162 Å². The summed E-state index contributed by atoms with van der Waals surface area (Å²) < 4.78 is 13.1. The first-order valence-corrected chi connectivity index (χ1v) is 9.15. The molecule has 0 atom stereocenters. The van der Waals surface area contributed by atoms with Crippen LogP contribution in [-0.2, 0) is 13.0 Å². The first-order chi connectivity index (χ1) is 13.6. The number of rotatable bonds is 4. The molecule has 28 heavy (non-hydrogen) atoms. The van der Waals surface area contributed by atoms with Crippen molar-refractivity contribution < 1.29 is 14.0 Å². The standard InChI is InChI=1S/C23H19FN2O2/c24-18-11-9-17(10-12-18)23(28)26-14-13-19-20(7-4-8-21(19)26)22(27)25-15-16-5-2-1-3-6-16/h1-12H,13-15H2,(H,25,27). The van der Waals surface area contributed by atoms with E-state index in [4.69, 9.17) is 0 Å². The maximum atomic E-state index is 13.1. The van der Waals surface area contributed by atoms with E-state index >= 15 is 0 Å². The Morgan fingerprint density at radius 2 is 1.68 bits per heavy atom. The van der Waals surface area contributed by atoms with Crippen LogP contribution in [0.5, 0.6) is 0 Å². The van der Waals surface area contributed by atoms with Gasteiger partial charge in [0.05, 0.1) is 0 Å². The predicted octanol–water partition coefficient (Wildman–Crippen LogP) is 3.96. The molecule has 1 aliphatic rings. The number of fused-ring (bicyclic) bond motifs is 1. The Kier molecular flexibility index (Phi) is 4.89. The summed E-state index contributed by atoms with van der Waals surface area (Å²) in [6.07, 6.45) is 0.608. The highest BCUT2D eigenvalue weighted by Gasteiger charge is 2.28. The first kappa shape index (κ1) is 17.9. The summed E-state index contributed by atoms with van der Waals surface area (Å²) in [5, 5.41) is 2.94. The van der Waals surface area contributed by atoms with Gasteiger partial charge in [-0.05, 0) is 53.9 Å². The number of hydrogen-bond acceptors (Lipinski definition) is 2. The maximum Gasteiger partial charge on any atom is 0.258 e. The summed E-state index contributed by atoms with van der Waals surface area (Å²) >= 11 is 0. The Morgan fingerprint density at radius 1 is 0.929 bits per heavy atom. The number of carbonyl (C=O) groups is 2. The van der Waals surface area contributed by atoms with Crippen LogP contribution in [-0.4, -0.2) is 18.4 Å². The third-order valence-electron chi connectivity index (χ3n) is 4.90. The fourth-order valence-electron chi connectivity index (χ4n) is 3.48. The van der Waals surface area contributed by atoms with E-state index in [0.29, 0.717) is 30.6 Å². The van der Waals surface area contributed by atoms with Gasteiger partial charge in [-0.15, -0.1) is 0 Å². The average Bonchev–Trinajstić information content (AvgIpc) is 3.17. The molecule has 0 spiro atoms. The van der Waals surface area contributed by atoms with E-state index in [9.17, 15) is 14.0 Å². The van der Waals surface area contributed by atoms with Gasteiger partial charge in [0.25, 0.3) is 11.8 Å². The highest BCUT2D eigenvalue weighted by atomic mass is 19.1. The zero-order valence-electron chi connectivity index (χ0n) is 15.2. The second-order valence-corrected chi connectivity index (χ2v) is 6.69. The van der Waals surface area contributed by atoms with Crippen molar-refractivity contribution in [1.29, 1.82) is 0 Å². The van der Waals surface area contributed by atoms with E-state index in [1.54, 1.807) is 17.0 Å². The Hall–Kier alpha value is -3.47. The minimum atomic E-state index is -0.379. The van der Waals surface area contributed by atoms with Crippen LogP contribution in [0.15, 0.2) is 72.8 Å². The summed E-state index contributed by atoms with van der Waals surface area (Å²) in [6, 6.07) is 20.6. The number of benzene rings is 3. The minimum absolute atomic E-state index is 0.156. The molecule has 5 heteroatoms. The predicted molar refractivity (Wildman–Crippen MR) is 106 cm³/mol. The molecule has 0 fully saturated rings. The van der Waals surface area contributed by atoms with Crippen molar-refractivity contribution in [2.45, 2.75) is 13.0 Å². The van der Waals surface area contributed by atoms with Crippen LogP contribution in [0, 0.1) is 5.82 Å². The largest absolute Gasteiger partial charge is 0.348 e. The molecule has 3 aromatic rings. The van der Waals surface area contributed by atoms with Gasteiger partial charge in [-0.25, -0.2) is 4.39 Å². The summed E-state index contributed by atoms with van der Waals surface area (Å²) in [6.45, 7) is 0.941. The molecule has 0 radical (unpaired) electrons. The highest BCUT2D eigenvalue weighted by Crippen LogP contribution is 2.32. The van der Waals surface area contributed by atoms with Crippen molar-refractivity contribution in [2.75, 3.05) is 11.4 Å². The van der Waals surface area contributed by atoms with E-state index in [1.165, 1.54) is 24.3 Å². The first-order valence-electron chi connectivity index (χ1n) is 9.15. The van der Waals surface area contributed by atoms with Gasteiger partial charge in [0.1, 0.15) is 5.82 Å². The third-order valence-corrected chi connectivity index (χ3v) is 4.90. The van der Waals surface area contributed by atoms with E-state index in [-0.39, 0.29) is 17.6 Å². The number of amides is 2. The van der Waals surface area contributed by atoms with Gasteiger partial charge in [-0.3, -0.25) is 9.59 Å². The zero-order valence-corrected chi connectivity index (χ0v) is 15.2. The van der Waals surface area contributed by atoms with Crippen molar-refractivity contribution in [3.63, 3.8) is 0 Å². The highest BCUT2D eigenvalue weighted by molar-refractivity contribution is 6.08. The second-order valence-electron chi connectivity index (χ2n) is 6.69. The second kappa shape index (κ2) is 7.64. The van der Waals surface area contributed by atoms with Crippen LogP contribution < -0.4 is 10.2 Å². The van der Waals surface area contributed by atoms with Crippen LogP contribution >= 0.6 is 0 Å². The smallest absolute Gasteiger partial charge is 0.258 e. The number of anilines is 1. The van der Waals surface area contributed by atoms with E-state index in [2.05, 4.69) is 5.32 Å². The molecule has 1 aliphatic heterocycles. The molecule has 0 unspecified atom stereocenters. The maximum absolute atomic E-state index is 13.1. The molecule has 0 aliphatic carbocycles. The molecule has 1 heterocycles.